The predicted octanol–water partition coefficient (Wildman–Crippen LogP) is 2.99. The maximum Gasteiger partial charge on any atom is 0.221 e. The van der Waals surface area contributed by atoms with Crippen LogP contribution in [0.4, 0.5) is 0 Å². The first-order valence-electron chi connectivity index (χ1n) is 10.0. The Kier molecular flexibility index (Phi) is 8.45. The maximum atomic E-state index is 11.8. The van der Waals surface area contributed by atoms with E-state index in [-0.39, 0.29) is 5.91 Å². The van der Waals surface area contributed by atoms with Gasteiger partial charge in [0.15, 0.2) is 5.96 Å². The molecule has 2 unspecified atom stereocenters. The van der Waals surface area contributed by atoms with Gasteiger partial charge in [0.05, 0.1) is 6.54 Å². The molecule has 1 aromatic rings. The summed E-state index contributed by atoms with van der Waals surface area (Å²) in [5.74, 6) is 2.20. The molecule has 1 fully saturated rings. The van der Waals surface area contributed by atoms with Crippen molar-refractivity contribution >= 4 is 11.9 Å². The number of carbonyl (C=O) groups excluding carboxylic acids is 1. The molecule has 0 radical (unpaired) electrons. The SMILES string of the molecule is CCCNC(=O)CCN=C(NCC)N1CCC(c2ccccc2)C(C)C1. The van der Waals surface area contributed by atoms with Crippen LogP contribution in [0, 0.1) is 5.92 Å². The molecule has 5 nitrogen and oxygen atoms in total. The van der Waals surface area contributed by atoms with E-state index in [0.29, 0.717) is 24.8 Å². The summed E-state index contributed by atoms with van der Waals surface area (Å²) in [6.45, 7) is 10.6. The molecule has 26 heavy (non-hydrogen) atoms. The van der Waals surface area contributed by atoms with Gasteiger partial charge in [-0.25, -0.2) is 0 Å². The first kappa shape index (κ1) is 20.3. The summed E-state index contributed by atoms with van der Waals surface area (Å²) in [7, 11) is 0. The van der Waals surface area contributed by atoms with Gasteiger partial charge in [-0.05, 0) is 37.2 Å². The Bertz CT molecular complexity index is 573. The van der Waals surface area contributed by atoms with Crippen LogP contribution in [0.15, 0.2) is 35.3 Å². The van der Waals surface area contributed by atoms with E-state index < -0.39 is 0 Å². The number of hydrogen-bond donors (Lipinski definition) is 2. The van der Waals surface area contributed by atoms with Crippen molar-refractivity contribution < 1.29 is 4.79 Å². The third-order valence-electron chi connectivity index (χ3n) is 4.94. The molecule has 2 rings (SSSR count). The van der Waals surface area contributed by atoms with Gasteiger partial charge in [0.1, 0.15) is 0 Å². The molecular weight excluding hydrogens is 324 g/mol. The van der Waals surface area contributed by atoms with Crippen molar-refractivity contribution in [3.63, 3.8) is 0 Å². The van der Waals surface area contributed by atoms with E-state index >= 15 is 0 Å². The second kappa shape index (κ2) is 10.8. The van der Waals surface area contributed by atoms with Gasteiger partial charge >= 0.3 is 0 Å². The summed E-state index contributed by atoms with van der Waals surface area (Å²) in [6, 6.07) is 10.8. The molecule has 5 heteroatoms. The molecule has 0 saturated carbocycles. The number of aliphatic imine (C=N–C) groups is 1. The van der Waals surface area contributed by atoms with Gasteiger partial charge in [0.25, 0.3) is 0 Å². The molecule has 0 aliphatic carbocycles. The van der Waals surface area contributed by atoms with Gasteiger partial charge in [0, 0.05) is 32.6 Å². The topological polar surface area (TPSA) is 56.7 Å². The van der Waals surface area contributed by atoms with E-state index in [1.165, 1.54) is 5.56 Å². The number of amides is 1. The Balaban J connectivity index is 1.91. The number of carbonyl (C=O) groups is 1. The van der Waals surface area contributed by atoms with Gasteiger partial charge in [-0.1, -0.05) is 44.2 Å². The molecule has 1 aliphatic heterocycles. The van der Waals surface area contributed by atoms with Crippen LogP contribution in [0.1, 0.15) is 51.5 Å². The average molecular weight is 359 g/mol. The molecule has 0 bridgehead atoms. The minimum atomic E-state index is 0.0857. The molecule has 1 saturated heterocycles. The van der Waals surface area contributed by atoms with E-state index in [2.05, 4.69) is 71.6 Å². The van der Waals surface area contributed by atoms with Crippen LogP contribution in [0.5, 0.6) is 0 Å². The van der Waals surface area contributed by atoms with Crippen molar-refractivity contribution in [3.05, 3.63) is 35.9 Å². The fourth-order valence-corrected chi connectivity index (χ4v) is 3.58. The van der Waals surface area contributed by atoms with Crippen LogP contribution in [0.2, 0.25) is 0 Å². The molecule has 2 N–H and O–H groups in total. The lowest BCUT2D eigenvalue weighted by molar-refractivity contribution is -0.120. The highest BCUT2D eigenvalue weighted by atomic mass is 16.1. The Labute approximate surface area is 158 Å². The van der Waals surface area contributed by atoms with Crippen molar-refractivity contribution in [2.45, 2.75) is 46.0 Å². The van der Waals surface area contributed by atoms with Crippen LogP contribution in [-0.2, 0) is 4.79 Å². The van der Waals surface area contributed by atoms with Crippen LogP contribution in [0.3, 0.4) is 0 Å². The summed E-state index contributed by atoms with van der Waals surface area (Å²) in [5.41, 5.74) is 1.44. The van der Waals surface area contributed by atoms with Crippen LogP contribution < -0.4 is 10.6 Å². The first-order valence-corrected chi connectivity index (χ1v) is 10.0. The van der Waals surface area contributed by atoms with Gasteiger partial charge in [0.2, 0.25) is 5.91 Å². The second-order valence-electron chi connectivity index (χ2n) is 7.06. The predicted molar refractivity (Wildman–Crippen MR) is 108 cm³/mol. The molecule has 2 atom stereocenters. The normalized spacial score (nSPS) is 20.7. The standard InChI is InChI=1S/C21H34N4O/c1-4-13-23-20(26)11-14-24-21(22-5-2)25-15-12-19(17(3)16-25)18-9-7-6-8-10-18/h6-10,17,19H,4-5,11-16H2,1-3H3,(H,22,24)(H,23,26). The fourth-order valence-electron chi connectivity index (χ4n) is 3.58. The maximum absolute atomic E-state index is 11.8. The van der Waals surface area contributed by atoms with Crippen molar-refractivity contribution in [1.82, 2.24) is 15.5 Å². The van der Waals surface area contributed by atoms with Crippen molar-refractivity contribution in [2.75, 3.05) is 32.7 Å². The number of hydrogen-bond acceptors (Lipinski definition) is 2. The van der Waals surface area contributed by atoms with E-state index in [1.807, 2.05) is 0 Å². The molecule has 0 spiro atoms. The summed E-state index contributed by atoms with van der Waals surface area (Å²) in [5, 5.41) is 6.30. The highest BCUT2D eigenvalue weighted by Crippen LogP contribution is 2.32. The minimum Gasteiger partial charge on any atom is -0.357 e. The molecular formula is C21H34N4O. The molecule has 1 amide bonds. The Morgan fingerprint density at radius 3 is 2.65 bits per heavy atom. The second-order valence-corrected chi connectivity index (χ2v) is 7.06. The number of piperidine rings is 1. The number of nitrogens with one attached hydrogen (secondary N) is 2. The highest BCUT2D eigenvalue weighted by molar-refractivity contribution is 5.81. The van der Waals surface area contributed by atoms with Crippen molar-refractivity contribution in [2.24, 2.45) is 10.9 Å². The minimum absolute atomic E-state index is 0.0857. The smallest absolute Gasteiger partial charge is 0.221 e. The Morgan fingerprint density at radius 2 is 2.00 bits per heavy atom. The zero-order chi connectivity index (χ0) is 18.8. The lowest BCUT2D eigenvalue weighted by atomic mass is 9.82. The van der Waals surface area contributed by atoms with Crippen LogP contribution in [0.25, 0.3) is 0 Å². The third-order valence-corrected chi connectivity index (χ3v) is 4.94. The number of rotatable bonds is 7. The average Bonchev–Trinajstić information content (AvgIpc) is 2.66. The lowest BCUT2D eigenvalue weighted by Crippen LogP contribution is -2.48. The zero-order valence-corrected chi connectivity index (χ0v) is 16.5. The quantitative estimate of drug-likeness (QED) is 0.582. The van der Waals surface area contributed by atoms with Gasteiger partial charge in [-0.2, -0.15) is 0 Å². The first-order chi connectivity index (χ1) is 12.7. The van der Waals surface area contributed by atoms with Crippen molar-refractivity contribution in [3.8, 4) is 0 Å². The summed E-state index contributed by atoms with van der Waals surface area (Å²) >= 11 is 0. The zero-order valence-electron chi connectivity index (χ0n) is 16.5. The van der Waals surface area contributed by atoms with Gasteiger partial charge in [-0.3, -0.25) is 9.79 Å². The van der Waals surface area contributed by atoms with Gasteiger partial charge < -0.3 is 15.5 Å². The molecule has 1 aliphatic rings. The number of benzene rings is 1. The number of likely N-dealkylation sites (tertiary alicyclic amines) is 1. The summed E-state index contributed by atoms with van der Waals surface area (Å²) < 4.78 is 0. The Morgan fingerprint density at radius 1 is 1.23 bits per heavy atom. The lowest BCUT2D eigenvalue weighted by Gasteiger charge is -2.39. The molecule has 1 heterocycles. The largest absolute Gasteiger partial charge is 0.357 e. The number of nitrogens with zero attached hydrogens (tertiary/aromatic N) is 2. The third kappa shape index (κ3) is 6.04. The van der Waals surface area contributed by atoms with E-state index in [4.69, 9.17) is 0 Å². The summed E-state index contributed by atoms with van der Waals surface area (Å²) in [4.78, 5) is 18.8. The summed E-state index contributed by atoms with van der Waals surface area (Å²) in [6.07, 6.45) is 2.55. The van der Waals surface area contributed by atoms with E-state index in [9.17, 15) is 4.79 Å². The molecule has 144 valence electrons. The number of guanidine groups is 1. The highest BCUT2D eigenvalue weighted by Gasteiger charge is 2.28. The van der Waals surface area contributed by atoms with Gasteiger partial charge in [-0.15, -0.1) is 0 Å². The Hall–Kier alpha value is -2.04. The molecule has 0 aromatic heterocycles. The van der Waals surface area contributed by atoms with E-state index in [1.54, 1.807) is 0 Å². The van der Waals surface area contributed by atoms with Crippen molar-refractivity contribution in [1.29, 1.82) is 0 Å². The monoisotopic (exact) mass is 358 g/mol. The molecule has 1 aromatic carbocycles. The van der Waals surface area contributed by atoms with E-state index in [0.717, 1.165) is 45.0 Å². The fraction of sp³-hybridized carbons (Fsp3) is 0.619. The van der Waals surface area contributed by atoms with Crippen LogP contribution in [-0.4, -0.2) is 49.5 Å². The van der Waals surface area contributed by atoms with Crippen LogP contribution >= 0.6 is 0 Å².